The van der Waals surface area contributed by atoms with Gasteiger partial charge in [0, 0.05) is 31.7 Å². The number of carbonyl (C=O) groups is 3. The number of hydrogen-bond acceptors (Lipinski definition) is 3. The third-order valence-corrected chi connectivity index (χ3v) is 3.99. The summed E-state index contributed by atoms with van der Waals surface area (Å²) >= 11 is 0. The Morgan fingerprint density at radius 1 is 0.880 bits per heavy atom. The van der Waals surface area contributed by atoms with E-state index in [4.69, 9.17) is 0 Å². The molecule has 0 atom stereocenters. The maximum absolute atomic E-state index is 11.8. The zero-order valence-electron chi connectivity index (χ0n) is 14.3. The van der Waals surface area contributed by atoms with E-state index in [-0.39, 0.29) is 24.3 Å². The van der Waals surface area contributed by atoms with Gasteiger partial charge in [-0.2, -0.15) is 0 Å². The van der Waals surface area contributed by atoms with Gasteiger partial charge in [0.25, 0.3) is 11.8 Å². The summed E-state index contributed by atoms with van der Waals surface area (Å²) < 4.78 is 0. The van der Waals surface area contributed by atoms with Crippen LogP contribution in [-0.4, -0.2) is 35.7 Å². The van der Waals surface area contributed by atoms with Gasteiger partial charge in [-0.1, -0.05) is 49.0 Å². The van der Waals surface area contributed by atoms with Crippen molar-refractivity contribution in [3.63, 3.8) is 0 Å². The predicted molar refractivity (Wildman–Crippen MR) is 97.5 cm³/mol. The van der Waals surface area contributed by atoms with E-state index in [1.807, 2.05) is 30.4 Å². The summed E-state index contributed by atoms with van der Waals surface area (Å²) in [4.78, 5) is 35.6. The first-order valence-corrected chi connectivity index (χ1v) is 8.67. The number of nitrogens with zero attached hydrogens (tertiary/aromatic N) is 1. The summed E-state index contributed by atoms with van der Waals surface area (Å²) in [6.07, 6.45) is 21.1. The van der Waals surface area contributed by atoms with Crippen molar-refractivity contribution in [3.8, 4) is 0 Å². The zero-order chi connectivity index (χ0) is 17.9. The van der Waals surface area contributed by atoms with E-state index in [0.717, 1.165) is 30.6 Å². The molecule has 2 aliphatic rings. The SMILES string of the molecule is O=C(CCCCCC1=C/C=C\C=C/C=C\1)NCCN1C(=O)C=CC1=O. The van der Waals surface area contributed by atoms with Gasteiger partial charge in [-0.25, -0.2) is 0 Å². The fraction of sp³-hybridized carbons (Fsp3) is 0.350. The Bertz CT molecular complexity index is 636. The molecular weight excluding hydrogens is 316 g/mol. The number of nitrogens with one attached hydrogen (secondary N) is 1. The summed E-state index contributed by atoms with van der Waals surface area (Å²) in [5.74, 6) is -0.672. The Kier molecular flexibility index (Phi) is 7.63. The van der Waals surface area contributed by atoms with Crippen LogP contribution in [0.15, 0.2) is 60.3 Å². The van der Waals surface area contributed by atoms with Crippen LogP contribution < -0.4 is 5.32 Å². The van der Waals surface area contributed by atoms with Crippen molar-refractivity contribution in [2.45, 2.75) is 32.1 Å². The van der Waals surface area contributed by atoms with Crippen LogP contribution in [0.5, 0.6) is 0 Å². The number of carbonyl (C=O) groups excluding carboxylic acids is 3. The lowest BCUT2D eigenvalue weighted by atomic mass is 10.0. The third-order valence-electron chi connectivity index (χ3n) is 3.99. The largest absolute Gasteiger partial charge is 0.354 e. The first-order valence-electron chi connectivity index (χ1n) is 8.67. The molecule has 25 heavy (non-hydrogen) atoms. The molecule has 1 aliphatic heterocycles. The van der Waals surface area contributed by atoms with Crippen molar-refractivity contribution in [2.24, 2.45) is 0 Å². The van der Waals surface area contributed by atoms with E-state index < -0.39 is 0 Å². The highest BCUT2D eigenvalue weighted by Gasteiger charge is 2.22. The molecule has 0 aromatic carbocycles. The van der Waals surface area contributed by atoms with E-state index in [1.165, 1.54) is 17.7 Å². The molecule has 1 N–H and O–H groups in total. The maximum Gasteiger partial charge on any atom is 0.253 e. The molecule has 3 amide bonds. The van der Waals surface area contributed by atoms with Crippen LogP contribution in [0.3, 0.4) is 0 Å². The second-order valence-electron chi connectivity index (χ2n) is 5.94. The van der Waals surface area contributed by atoms with E-state index in [0.29, 0.717) is 13.0 Å². The fourth-order valence-corrected chi connectivity index (χ4v) is 2.61. The average molecular weight is 340 g/mol. The summed E-state index contributed by atoms with van der Waals surface area (Å²) in [6, 6.07) is 0. The Labute approximate surface area is 148 Å². The highest BCUT2D eigenvalue weighted by atomic mass is 16.2. The first kappa shape index (κ1) is 18.6. The molecule has 132 valence electrons. The topological polar surface area (TPSA) is 66.5 Å². The molecule has 0 saturated carbocycles. The van der Waals surface area contributed by atoms with Crippen molar-refractivity contribution in [1.82, 2.24) is 10.2 Å². The van der Waals surface area contributed by atoms with Gasteiger partial charge in [0.15, 0.2) is 0 Å². The van der Waals surface area contributed by atoms with E-state index >= 15 is 0 Å². The number of rotatable bonds is 9. The summed E-state index contributed by atoms with van der Waals surface area (Å²) in [7, 11) is 0. The van der Waals surface area contributed by atoms with Crippen LogP contribution in [0.2, 0.25) is 0 Å². The van der Waals surface area contributed by atoms with Crippen LogP contribution in [-0.2, 0) is 14.4 Å². The zero-order valence-corrected chi connectivity index (χ0v) is 14.3. The molecule has 5 nitrogen and oxygen atoms in total. The Morgan fingerprint density at radius 3 is 2.40 bits per heavy atom. The lowest BCUT2D eigenvalue weighted by Gasteiger charge is -2.13. The van der Waals surface area contributed by atoms with Gasteiger partial charge in [0.05, 0.1) is 0 Å². The minimum absolute atomic E-state index is 0.0369. The number of amides is 3. The minimum Gasteiger partial charge on any atom is -0.354 e. The number of hydrogen-bond donors (Lipinski definition) is 1. The van der Waals surface area contributed by atoms with E-state index in [1.54, 1.807) is 0 Å². The fourth-order valence-electron chi connectivity index (χ4n) is 2.61. The third kappa shape index (κ3) is 6.75. The molecule has 0 unspecified atom stereocenters. The van der Waals surface area contributed by atoms with Gasteiger partial charge in [-0.3, -0.25) is 19.3 Å². The lowest BCUT2D eigenvalue weighted by Crippen LogP contribution is -2.38. The molecule has 0 fully saturated rings. The molecule has 0 bridgehead atoms. The normalized spacial score (nSPS) is 22.1. The molecule has 0 spiro atoms. The summed E-state index contributed by atoms with van der Waals surface area (Å²) in [5, 5.41) is 2.75. The van der Waals surface area contributed by atoms with Gasteiger partial charge in [-0.05, 0) is 24.8 Å². The van der Waals surface area contributed by atoms with Crippen molar-refractivity contribution >= 4 is 17.7 Å². The Hall–Kier alpha value is -2.69. The van der Waals surface area contributed by atoms with Crippen molar-refractivity contribution in [3.05, 3.63) is 60.3 Å². The first-order chi connectivity index (χ1) is 12.2. The number of imide groups is 1. The van der Waals surface area contributed by atoms with Gasteiger partial charge in [0.1, 0.15) is 0 Å². The lowest BCUT2D eigenvalue weighted by molar-refractivity contribution is -0.137. The van der Waals surface area contributed by atoms with Gasteiger partial charge < -0.3 is 5.32 Å². The summed E-state index contributed by atoms with van der Waals surface area (Å²) in [5.41, 5.74) is 1.29. The molecule has 1 heterocycles. The maximum atomic E-state index is 11.8. The van der Waals surface area contributed by atoms with Crippen molar-refractivity contribution in [1.29, 1.82) is 0 Å². The van der Waals surface area contributed by atoms with Crippen molar-refractivity contribution in [2.75, 3.05) is 13.1 Å². The molecule has 0 saturated heterocycles. The van der Waals surface area contributed by atoms with E-state index in [9.17, 15) is 14.4 Å². The van der Waals surface area contributed by atoms with Gasteiger partial charge in [0.2, 0.25) is 5.91 Å². The highest BCUT2D eigenvalue weighted by molar-refractivity contribution is 6.12. The quantitative estimate of drug-likeness (QED) is 0.518. The molecule has 0 radical (unpaired) electrons. The second kappa shape index (κ2) is 10.2. The minimum atomic E-state index is -0.317. The molecule has 1 aliphatic carbocycles. The molecular formula is C20H24N2O3. The van der Waals surface area contributed by atoms with Crippen LogP contribution in [0.4, 0.5) is 0 Å². The van der Waals surface area contributed by atoms with Crippen LogP contribution >= 0.6 is 0 Å². The van der Waals surface area contributed by atoms with Crippen LogP contribution in [0.25, 0.3) is 0 Å². The van der Waals surface area contributed by atoms with Gasteiger partial charge in [-0.15, -0.1) is 0 Å². The van der Waals surface area contributed by atoms with Crippen molar-refractivity contribution < 1.29 is 14.4 Å². The number of allylic oxidation sites excluding steroid dienone is 8. The van der Waals surface area contributed by atoms with Gasteiger partial charge >= 0.3 is 0 Å². The monoisotopic (exact) mass is 340 g/mol. The number of unbranched alkanes of at least 4 members (excludes halogenated alkanes) is 2. The molecule has 0 aromatic heterocycles. The molecule has 5 heteroatoms. The Balaban J connectivity index is 1.52. The molecule has 0 aromatic rings. The second-order valence-corrected chi connectivity index (χ2v) is 5.94. The van der Waals surface area contributed by atoms with Crippen LogP contribution in [0.1, 0.15) is 32.1 Å². The molecule has 2 rings (SSSR count). The summed E-state index contributed by atoms with van der Waals surface area (Å²) in [6.45, 7) is 0.522. The van der Waals surface area contributed by atoms with E-state index in [2.05, 4.69) is 17.5 Å². The van der Waals surface area contributed by atoms with Crippen LogP contribution in [0, 0.1) is 0 Å². The predicted octanol–water partition coefficient (Wildman–Crippen LogP) is 2.59. The average Bonchev–Trinajstić information content (AvgIpc) is 2.88. The highest BCUT2D eigenvalue weighted by Crippen LogP contribution is 2.13. The smallest absolute Gasteiger partial charge is 0.253 e. The standard InChI is InChI=1S/C20H24N2O3/c23-18(21-15-16-22-19(24)13-14-20(22)25)12-8-4-7-11-17-9-5-2-1-3-6-10-17/h1-3,5-6,9-10,13-14H,4,7-8,11-12,15-16H2,(H,21,23)/b2-1-,3-1?,5-2?,6-3-,9-5-,10-6?,17-9?,17-10+. The Morgan fingerprint density at radius 2 is 1.60 bits per heavy atom.